The number of ether oxygens (including phenoxy) is 1. The van der Waals surface area contributed by atoms with Crippen molar-refractivity contribution in [1.29, 1.82) is 0 Å². The number of aromatic nitrogens is 1. The van der Waals surface area contributed by atoms with Crippen LogP contribution in [-0.2, 0) is 9.53 Å². The summed E-state index contributed by atoms with van der Waals surface area (Å²) < 4.78 is 5.47. The Morgan fingerprint density at radius 2 is 2.12 bits per heavy atom. The Bertz CT molecular complexity index is 511. The third-order valence-corrected chi connectivity index (χ3v) is 5.55. The van der Waals surface area contributed by atoms with Crippen molar-refractivity contribution in [2.75, 3.05) is 32.8 Å². The predicted molar refractivity (Wildman–Crippen MR) is 93.5 cm³/mol. The van der Waals surface area contributed by atoms with Gasteiger partial charge in [-0.25, -0.2) is 0 Å². The van der Waals surface area contributed by atoms with Gasteiger partial charge in [0.05, 0.1) is 19.3 Å². The molecule has 1 aromatic rings. The molecule has 5 heteroatoms. The average molecular weight is 331 g/mol. The minimum Gasteiger partial charge on any atom is -0.379 e. The molecular weight excluding hydrogens is 302 g/mol. The van der Waals surface area contributed by atoms with Gasteiger partial charge >= 0.3 is 0 Å². The van der Waals surface area contributed by atoms with E-state index in [1.54, 1.807) is 6.20 Å². The molecule has 1 aliphatic heterocycles. The van der Waals surface area contributed by atoms with E-state index in [4.69, 9.17) is 4.74 Å². The molecule has 1 aliphatic carbocycles. The number of nitrogens with zero attached hydrogens (tertiary/aromatic N) is 2. The Morgan fingerprint density at radius 3 is 2.79 bits per heavy atom. The molecule has 2 aliphatic rings. The summed E-state index contributed by atoms with van der Waals surface area (Å²) in [5.41, 5.74) is 1.16. The monoisotopic (exact) mass is 331 g/mol. The summed E-state index contributed by atoms with van der Waals surface area (Å²) in [6.07, 6.45) is 8.64. The van der Waals surface area contributed by atoms with Crippen LogP contribution in [0.1, 0.15) is 44.2 Å². The van der Waals surface area contributed by atoms with Crippen molar-refractivity contribution in [3.8, 4) is 0 Å². The number of hydrogen-bond acceptors (Lipinski definition) is 4. The molecule has 132 valence electrons. The molecule has 24 heavy (non-hydrogen) atoms. The Kier molecular flexibility index (Phi) is 6.21. The van der Waals surface area contributed by atoms with E-state index < -0.39 is 0 Å². The molecule has 1 aromatic heterocycles. The molecule has 1 saturated heterocycles. The van der Waals surface area contributed by atoms with Gasteiger partial charge in [0.2, 0.25) is 5.91 Å². The van der Waals surface area contributed by atoms with E-state index in [-0.39, 0.29) is 17.9 Å². The summed E-state index contributed by atoms with van der Waals surface area (Å²) in [5.74, 6) is 0.876. The number of carbonyl (C=O) groups excluding carboxylic acids is 1. The van der Waals surface area contributed by atoms with Gasteiger partial charge < -0.3 is 10.1 Å². The Balaban J connectivity index is 1.62. The highest BCUT2D eigenvalue weighted by molar-refractivity contribution is 5.78. The zero-order valence-electron chi connectivity index (χ0n) is 14.6. The van der Waals surface area contributed by atoms with Crippen LogP contribution in [0.25, 0.3) is 0 Å². The standard InChI is InChI=1S/C19H29N3O2/c1-15(16-5-2-3-6-16)19(23)21-14-18(17-7-4-8-20-13-17)22-9-11-24-12-10-22/h4,7-8,13,15-16,18H,2-3,5-6,9-12,14H2,1H3,(H,21,23). The maximum absolute atomic E-state index is 12.6. The molecule has 2 heterocycles. The SMILES string of the molecule is CC(C(=O)NCC(c1cccnc1)N1CCOCC1)C1CCCC1. The average Bonchev–Trinajstić information content (AvgIpc) is 3.17. The van der Waals surface area contributed by atoms with Gasteiger partial charge in [0.25, 0.3) is 0 Å². The molecule has 2 atom stereocenters. The topological polar surface area (TPSA) is 54.5 Å². The molecular formula is C19H29N3O2. The first-order valence-electron chi connectivity index (χ1n) is 9.25. The number of rotatable bonds is 6. The van der Waals surface area contributed by atoms with Crippen molar-refractivity contribution in [2.45, 2.75) is 38.6 Å². The summed E-state index contributed by atoms with van der Waals surface area (Å²) in [7, 11) is 0. The Hall–Kier alpha value is -1.46. The Labute approximate surface area is 144 Å². The van der Waals surface area contributed by atoms with E-state index >= 15 is 0 Å². The van der Waals surface area contributed by atoms with E-state index in [2.05, 4.69) is 28.2 Å². The van der Waals surface area contributed by atoms with Gasteiger partial charge in [-0.05, 0) is 30.4 Å². The summed E-state index contributed by atoms with van der Waals surface area (Å²) in [5, 5.41) is 3.21. The van der Waals surface area contributed by atoms with Crippen molar-refractivity contribution in [1.82, 2.24) is 15.2 Å². The molecule has 0 spiro atoms. The van der Waals surface area contributed by atoms with Gasteiger partial charge in [0, 0.05) is 37.9 Å². The number of pyridine rings is 1. The van der Waals surface area contributed by atoms with Gasteiger partial charge in [0.15, 0.2) is 0 Å². The van der Waals surface area contributed by atoms with Gasteiger partial charge in [-0.2, -0.15) is 0 Å². The lowest BCUT2D eigenvalue weighted by molar-refractivity contribution is -0.126. The van der Waals surface area contributed by atoms with E-state index in [9.17, 15) is 4.79 Å². The van der Waals surface area contributed by atoms with E-state index in [0.717, 1.165) is 31.9 Å². The van der Waals surface area contributed by atoms with Crippen LogP contribution in [0.2, 0.25) is 0 Å². The minimum atomic E-state index is 0.117. The highest BCUT2D eigenvalue weighted by atomic mass is 16.5. The third-order valence-electron chi connectivity index (χ3n) is 5.55. The van der Waals surface area contributed by atoms with Crippen molar-refractivity contribution in [3.05, 3.63) is 30.1 Å². The molecule has 3 rings (SSSR count). The van der Waals surface area contributed by atoms with Crippen LogP contribution < -0.4 is 5.32 Å². The third kappa shape index (κ3) is 4.33. The van der Waals surface area contributed by atoms with Crippen LogP contribution in [-0.4, -0.2) is 48.6 Å². The zero-order chi connectivity index (χ0) is 16.8. The van der Waals surface area contributed by atoms with Crippen molar-refractivity contribution < 1.29 is 9.53 Å². The first kappa shape index (κ1) is 17.4. The van der Waals surface area contributed by atoms with Crippen molar-refractivity contribution >= 4 is 5.91 Å². The highest BCUT2D eigenvalue weighted by Crippen LogP contribution is 2.31. The predicted octanol–water partition coefficient (Wildman–Crippen LogP) is 2.40. The zero-order valence-corrected chi connectivity index (χ0v) is 14.6. The Morgan fingerprint density at radius 1 is 1.38 bits per heavy atom. The summed E-state index contributed by atoms with van der Waals surface area (Å²) in [4.78, 5) is 19.2. The van der Waals surface area contributed by atoms with Crippen LogP contribution in [0.5, 0.6) is 0 Å². The molecule has 1 amide bonds. The van der Waals surface area contributed by atoms with Gasteiger partial charge in [0.1, 0.15) is 0 Å². The number of hydrogen-bond donors (Lipinski definition) is 1. The summed E-state index contributed by atoms with van der Waals surface area (Å²) in [6, 6.07) is 4.23. The van der Waals surface area contributed by atoms with E-state index in [1.165, 1.54) is 25.7 Å². The van der Waals surface area contributed by atoms with Crippen LogP contribution in [0.3, 0.4) is 0 Å². The molecule has 1 N–H and O–H groups in total. The summed E-state index contributed by atoms with van der Waals surface area (Å²) in [6.45, 7) is 6.02. The van der Waals surface area contributed by atoms with Crippen molar-refractivity contribution in [3.63, 3.8) is 0 Å². The molecule has 5 nitrogen and oxygen atoms in total. The molecule has 2 fully saturated rings. The summed E-state index contributed by atoms with van der Waals surface area (Å²) >= 11 is 0. The van der Waals surface area contributed by atoms with E-state index in [0.29, 0.717) is 12.5 Å². The van der Waals surface area contributed by atoms with Crippen LogP contribution in [0, 0.1) is 11.8 Å². The van der Waals surface area contributed by atoms with Crippen LogP contribution in [0.4, 0.5) is 0 Å². The fraction of sp³-hybridized carbons (Fsp3) is 0.684. The lowest BCUT2D eigenvalue weighted by Gasteiger charge is -2.35. The number of nitrogens with one attached hydrogen (secondary N) is 1. The van der Waals surface area contributed by atoms with Crippen molar-refractivity contribution in [2.24, 2.45) is 11.8 Å². The van der Waals surface area contributed by atoms with Crippen LogP contribution in [0.15, 0.2) is 24.5 Å². The van der Waals surface area contributed by atoms with Gasteiger partial charge in [-0.3, -0.25) is 14.7 Å². The van der Waals surface area contributed by atoms with Gasteiger partial charge in [-0.15, -0.1) is 0 Å². The van der Waals surface area contributed by atoms with Crippen LogP contribution >= 0.6 is 0 Å². The van der Waals surface area contributed by atoms with E-state index in [1.807, 2.05) is 12.3 Å². The smallest absolute Gasteiger partial charge is 0.223 e. The van der Waals surface area contributed by atoms with Gasteiger partial charge in [-0.1, -0.05) is 25.8 Å². The molecule has 0 radical (unpaired) electrons. The molecule has 1 saturated carbocycles. The fourth-order valence-electron chi connectivity index (χ4n) is 3.95. The second kappa shape index (κ2) is 8.58. The molecule has 0 bridgehead atoms. The number of morpholine rings is 1. The first-order chi connectivity index (χ1) is 11.8. The lowest BCUT2D eigenvalue weighted by Crippen LogP contribution is -2.45. The maximum Gasteiger partial charge on any atom is 0.223 e. The maximum atomic E-state index is 12.6. The first-order valence-corrected chi connectivity index (χ1v) is 9.25. The lowest BCUT2D eigenvalue weighted by atomic mass is 9.92. The fourth-order valence-corrected chi connectivity index (χ4v) is 3.95. The highest BCUT2D eigenvalue weighted by Gasteiger charge is 2.28. The largest absolute Gasteiger partial charge is 0.379 e. The minimum absolute atomic E-state index is 0.117. The second-order valence-corrected chi connectivity index (χ2v) is 7.03. The second-order valence-electron chi connectivity index (χ2n) is 7.03. The number of carbonyl (C=O) groups is 1. The normalized spacial score (nSPS) is 22.2. The molecule has 2 unspecified atom stereocenters. The molecule has 0 aromatic carbocycles. The quantitative estimate of drug-likeness (QED) is 0.870. The number of amides is 1.